The highest BCUT2D eigenvalue weighted by Crippen LogP contribution is 2.33. The van der Waals surface area contributed by atoms with E-state index in [1.54, 1.807) is 10.7 Å². The fourth-order valence-electron chi connectivity index (χ4n) is 4.25. The number of carbonyl (C=O) groups is 1. The monoisotopic (exact) mass is 417 g/mol. The molecule has 0 bridgehead atoms. The van der Waals surface area contributed by atoms with Crippen molar-refractivity contribution in [3.05, 3.63) is 42.4 Å². The summed E-state index contributed by atoms with van der Waals surface area (Å²) >= 11 is 0. The lowest BCUT2D eigenvalue weighted by molar-refractivity contribution is 0.0886. The Morgan fingerprint density at radius 1 is 1.26 bits per heavy atom. The fourth-order valence-corrected chi connectivity index (χ4v) is 4.25. The summed E-state index contributed by atoms with van der Waals surface area (Å²) in [6, 6.07) is 6.45. The Labute approximate surface area is 180 Å². The van der Waals surface area contributed by atoms with Gasteiger partial charge in [0.2, 0.25) is 0 Å². The molecule has 0 spiro atoms. The van der Waals surface area contributed by atoms with Crippen LogP contribution in [-0.2, 0) is 0 Å². The zero-order chi connectivity index (χ0) is 21.7. The lowest BCUT2D eigenvalue weighted by Gasteiger charge is -2.34. The number of nitrogens with one attached hydrogen (secondary N) is 2. The molecule has 5 rings (SSSR count). The number of aromatic nitrogens is 5. The van der Waals surface area contributed by atoms with E-state index >= 15 is 0 Å². The zero-order valence-corrected chi connectivity index (χ0v) is 18.3. The first-order valence-electron chi connectivity index (χ1n) is 10.8. The fraction of sp³-hybridized carbons (Fsp3) is 0.391. The maximum absolute atomic E-state index is 13.0. The van der Waals surface area contributed by atoms with E-state index < -0.39 is 0 Å². The van der Waals surface area contributed by atoms with E-state index in [1.165, 1.54) is 0 Å². The highest BCUT2D eigenvalue weighted by Gasteiger charge is 2.29. The predicted molar refractivity (Wildman–Crippen MR) is 121 cm³/mol. The van der Waals surface area contributed by atoms with Gasteiger partial charge in [-0.25, -0.2) is 9.97 Å². The summed E-state index contributed by atoms with van der Waals surface area (Å²) in [6.07, 6.45) is 7.67. The molecule has 1 fully saturated rings. The average molecular weight is 418 g/mol. The topological polar surface area (TPSA) is 89.1 Å². The molecule has 4 heterocycles. The van der Waals surface area contributed by atoms with Crippen molar-refractivity contribution in [3.63, 3.8) is 0 Å². The molecule has 0 unspecified atom stereocenters. The Morgan fingerprint density at radius 2 is 2.10 bits per heavy atom. The van der Waals surface area contributed by atoms with Crippen molar-refractivity contribution < 1.29 is 4.79 Å². The van der Waals surface area contributed by atoms with Gasteiger partial charge in [0.05, 0.1) is 11.9 Å². The third-order valence-electron chi connectivity index (χ3n) is 6.33. The minimum absolute atomic E-state index is 0.121. The van der Waals surface area contributed by atoms with Crippen LogP contribution in [0.4, 0.5) is 5.82 Å². The molecule has 31 heavy (non-hydrogen) atoms. The maximum Gasteiger partial charge on any atom is 0.256 e. The summed E-state index contributed by atoms with van der Waals surface area (Å²) in [5.41, 5.74) is 3.71. The van der Waals surface area contributed by atoms with Crippen LogP contribution in [-0.4, -0.2) is 43.1 Å². The minimum Gasteiger partial charge on any atom is -0.373 e. The van der Waals surface area contributed by atoms with Crippen molar-refractivity contribution in [1.82, 2.24) is 29.5 Å². The number of anilines is 1. The first-order valence-corrected chi connectivity index (χ1v) is 10.8. The molecule has 0 radical (unpaired) electrons. The second-order valence-corrected chi connectivity index (χ2v) is 8.62. The molecular formula is C23H27N7O. The normalized spacial score (nSPS) is 18.5. The Bertz CT molecular complexity index is 1290. The van der Waals surface area contributed by atoms with Crippen molar-refractivity contribution in [2.45, 2.75) is 45.7 Å². The second-order valence-electron chi connectivity index (χ2n) is 8.62. The van der Waals surface area contributed by atoms with Gasteiger partial charge in [0, 0.05) is 48.5 Å². The van der Waals surface area contributed by atoms with Gasteiger partial charge in [0.1, 0.15) is 17.0 Å². The van der Waals surface area contributed by atoms with E-state index in [0.29, 0.717) is 17.1 Å². The van der Waals surface area contributed by atoms with Crippen LogP contribution in [0.1, 0.15) is 50.0 Å². The average Bonchev–Trinajstić information content (AvgIpc) is 3.37. The van der Waals surface area contributed by atoms with Gasteiger partial charge >= 0.3 is 0 Å². The first kappa shape index (κ1) is 19.5. The zero-order valence-electron chi connectivity index (χ0n) is 18.3. The third-order valence-corrected chi connectivity index (χ3v) is 6.33. The molecule has 1 aliphatic carbocycles. The first-order chi connectivity index (χ1) is 15.0. The molecule has 160 valence electrons. The molecule has 0 aromatic carbocycles. The molecule has 4 aromatic heterocycles. The Hall–Kier alpha value is -3.42. The summed E-state index contributed by atoms with van der Waals surface area (Å²) in [6.45, 7) is 6.43. The van der Waals surface area contributed by atoms with E-state index in [9.17, 15) is 4.79 Å². The molecule has 1 aliphatic rings. The van der Waals surface area contributed by atoms with E-state index in [0.717, 1.165) is 41.0 Å². The molecule has 8 heteroatoms. The van der Waals surface area contributed by atoms with Gasteiger partial charge in [-0.2, -0.15) is 9.61 Å². The van der Waals surface area contributed by atoms with Crippen molar-refractivity contribution in [2.24, 2.45) is 5.92 Å². The van der Waals surface area contributed by atoms with Gasteiger partial charge in [-0.15, -0.1) is 0 Å². The van der Waals surface area contributed by atoms with Crippen LogP contribution >= 0.6 is 0 Å². The van der Waals surface area contributed by atoms with Gasteiger partial charge in [0.25, 0.3) is 5.91 Å². The molecular weight excluding hydrogens is 390 g/mol. The molecule has 1 saturated carbocycles. The van der Waals surface area contributed by atoms with E-state index in [4.69, 9.17) is 4.98 Å². The van der Waals surface area contributed by atoms with E-state index in [1.807, 2.05) is 25.4 Å². The second kappa shape index (κ2) is 7.37. The van der Waals surface area contributed by atoms with Gasteiger partial charge in [-0.1, -0.05) is 6.92 Å². The van der Waals surface area contributed by atoms with Crippen molar-refractivity contribution in [2.75, 3.05) is 12.4 Å². The number of hydrogen-bond donors (Lipinski definition) is 2. The lowest BCUT2D eigenvalue weighted by atomic mass is 9.81. The van der Waals surface area contributed by atoms with Crippen LogP contribution < -0.4 is 10.6 Å². The maximum atomic E-state index is 13.0. The smallest absolute Gasteiger partial charge is 0.256 e. The third kappa shape index (κ3) is 3.13. The molecule has 2 atom stereocenters. The van der Waals surface area contributed by atoms with Crippen LogP contribution in [0.5, 0.6) is 0 Å². The number of nitrogens with zero attached hydrogens (tertiary/aromatic N) is 5. The van der Waals surface area contributed by atoms with Crippen LogP contribution in [0.15, 0.2) is 36.8 Å². The number of hydrogen-bond acceptors (Lipinski definition) is 5. The number of pyridine rings is 1. The predicted octanol–water partition coefficient (Wildman–Crippen LogP) is 3.90. The Kier molecular flexibility index (Phi) is 4.64. The van der Waals surface area contributed by atoms with Crippen molar-refractivity contribution in [3.8, 4) is 11.3 Å². The SMILES string of the molecule is CNc1cc(-c2cn(C(C)C)c3ncccc23)nc2c(C(=O)N[C@H]3CC[C@@H]3C)cnn12. The molecule has 1 amide bonds. The molecule has 8 nitrogen and oxygen atoms in total. The molecule has 4 aromatic rings. The van der Waals surface area contributed by atoms with Crippen LogP contribution in [0.25, 0.3) is 27.9 Å². The van der Waals surface area contributed by atoms with Crippen LogP contribution in [0, 0.1) is 5.92 Å². The molecule has 2 N–H and O–H groups in total. The number of rotatable bonds is 5. The highest BCUT2D eigenvalue weighted by atomic mass is 16.1. The largest absolute Gasteiger partial charge is 0.373 e. The summed E-state index contributed by atoms with van der Waals surface area (Å²) in [5.74, 6) is 1.16. The summed E-state index contributed by atoms with van der Waals surface area (Å²) in [7, 11) is 1.84. The minimum atomic E-state index is -0.121. The van der Waals surface area contributed by atoms with Crippen LogP contribution in [0.3, 0.4) is 0 Å². The molecule has 0 aliphatic heterocycles. The van der Waals surface area contributed by atoms with Crippen LogP contribution in [0.2, 0.25) is 0 Å². The van der Waals surface area contributed by atoms with Crippen molar-refractivity contribution in [1.29, 1.82) is 0 Å². The lowest BCUT2D eigenvalue weighted by Crippen LogP contribution is -2.45. The van der Waals surface area contributed by atoms with E-state index in [-0.39, 0.29) is 18.0 Å². The quantitative estimate of drug-likeness (QED) is 0.514. The van der Waals surface area contributed by atoms with E-state index in [2.05, 4.69) is 58.3 Å². The van der Waals surface area contributed by atoms with Gasteiger partial charge in [-0.05, 0) is 44.7 Å². The van der Waals surface area contributed by atoms with Gasteiger partial charge in [-0.3, -0.25) is 4.79 Å². The summed E-state index contributed by atoms with van der Waals surface area (Å²) in [4.78, 5) is 22.5. The molecule has 0 saturated heterocycles. The van der Waals surface area contributed by atoms with Gasteiger partial charge in [0.15, 0.2) is 5.65 Å². The number of amides is 1. The standard InChI is InChI=1S/C23H27N7O/c1-13(2)29-12-17(15-6-5-9-25-21(15)29)19-10-20(24-4)30-22(27-19)16(11-26-30)23(31)28-18-8-7-14(18)3/h5-6,9-14,18,24H,7-8H2,1-4H3,(H,28,31)/t14-,18-/m0/s1. The Balaban J connectivity index is 1.65. The summed E-state index contributed by atoms with van der Waals surface area (Å²) in [5, 5.41) is 11.8. The summed E-state index contributed by atoms with van der Waals surface area (Å²) < 4.78 is 3.83. The van der Waals surface area contributed by atoms with Gasteiger partial charge < -0.3 is 15.2 Å². The number of carbonyl (C=O) groups excluding carboxylic acids is 1. The van der Waals surface area contributed by atoms with Crippen molar-refractivity contribution >= 4 is 28.4 Å². The number of fused-ring (bicyclic) bond motifs is 2. The Morgan fingerprint density at radius 3 is 2.77 bits per heavy atom. The highest BCUT2D eigenvalue weighted by molar-refractivity contribution is 6.01.